The standard InChI is InChI=1S/C26H24N2O4/c1-16-8-10-23-20(14-16)28(2)24(29)18-15-17(9-11-21(18)32-23)27-25(30)26(12-13-26)19-6-4-5-7-22(19)31-3/h4-11,14-15H,12-13H2,1-3H3,(H,27,30). The first-order chi connectivity index (χ1) is 15.4. The van der Waals surface area contributed by atoms with Crippen LogP contribution in [0.2, 0.25) is 0 Å². The van der Waals surface area contributed by atoms with Crippen molar-refractivity contribution in [2.75, 3.05) is 24.4 Å². The van der Waals surface area contributed by atoms with Crippen LogP contribution in [0.1, 0.15) is 34.3 Å². The number of amides is 2. The number of methoxy groups -OCH3 is 1. The van der Waals surface area contributed by atoms with Crippen LogP contribution in [0.25, 0.3) is 0 Å². The first-order valence-electron chi connectivity index (χ1n) is 10.6. The number of rotatable bonds is 4. The molecule has 6 nitrogen and oxygen atoms in total. The number of anilines is 2. The number of ether oxygens (including phenoxy) is 2. The van der Waals surface area contributed by atoms with Gasteiger partial charge in [0.2, 0.25) is 5.91 Å². The Hall–Kier alpha value is -3.80. The molecule has 0 saturated heterocycles. The summed E-state index contributed by atoms with van der Waals surface area (Å²) in [5.41, 5.74) is 3.00. The number of nitrogens with one attached hydrogen (secondary N) is 1. The predicted molar refractivity (Wildman–Crippen MR) is 123 cm³/mol. The van der Waals surface area contributed by atoms with Gasteiger partial charge in [0.15, 0.2) is 5.75 Å². The highest BCUT2D eigenvalue weighted by Crippen LogP contribution is 2.52. The third-order valence-electron chi connectivity index (χ3n) is 6.28. The van der Waals surface area contributed by atoms with E-state index >= 15 is 0 Å². The summed E-state index contributed by atoms with van der Waals surface area (Å²) in [7, 11) is 3.34. The molecule has 6 heteroatoms. The van der Waals surface area contributed by atoms with Crippen LogP contribution in [-0.2, 0) is 10.2 Å². The Bertz CT molecular complexity index is 1250. The highest BCUT2D eigenvalue weighted by Gasteiger charge is 2.52. The molecule has 0 spiro atoms. The van der Waals surface area contributed by atoms with Crippen molar-refractivity contribution in [2.24, 2.45) is 0 Å². The van der Waals surface area contributed by atoms with E-state index in [-0.39, 0.29) is 11.8 Å². The maximum absolute atomic E-state index is 13.3. The van der Waals surface area contributed by atoms with Gasteiger partial charge in [-0.2, -0.15) is 0 Å². The van der Waals surface area contributed by atoms with Crippen LogP contribution in [0, 0.1) is 6.92 Å². The smallest absolute Gasteiger partial charge is 0.261 e. The first-order valence-corrected chi connectivity index (χ1v) is 10.6. The molecule has 0 bridgehead atoms. The average molecular weight is 428 g/mol. The molecular formula is C26H24N2O4. The number of carbonyl (C=O) groups excluding carboxylic acids is 2. The largest absolute Gasteiger partial charge is 0.496 e. The van der Waals surface area contributed by atoms with Crippen molar-refractivity contribution in [1.29, 1.82) is 0 Å². The zero-order valence-corrected chi connectivity index (χ0v) is 18.3. The number of hydrogen-bond donors (Lipinski definition) is 1. The number of benzene rings is 3. The third-order valence-corrected chi connectivity index (χ3v) is 6.28. The van der Waals surface area contributed by atoms with Crippen molar-refractivity contribution in [1.82, 2.24) is 0 Å². The Kier molecular flexibility index (Phi) is 4.66. The molecule has 0 radical (unpaired) electrons. The number of carbonyl (C=O) groups is 2. The van der Waals surface area contributed by atoms with Crippen molar-refractivity contribution in [3.8, 4) is 17.2 Å². The highest BCUT2D eigenvalue weighted by molar-refractivity contribution is 6.10. The lowest BCUT2D eigenvalue weighted by atomic mass is 9.93. The molecule has 2 amide bonds. The van der Waals surface area contributed by atoms with Gasteiger partial charge in [0.1, 0.15) is 11.5 Å². The minimum absolute atomic E-state index is 0.101. The van der Waals surface area contributed by atoms with Gasteiger partial charge in [0.25, 0.3) is 5.91 Å². The summed E-state index contributed by atoms with van der Waals surface area (Å²) in [6.45, 7) is 1.97. The third kappa shape index (κ3) is 3.19. The molecule has 5 rings (SSSR count). The van der Waals surface area contributed by atoms with Gasteiger partial charge in [0, 0.05) is 18.3 Å². The Morgan fingerprint density at radius 2 is 1.81 bits per heavy atom. The molecule has 0 atom stereocenters. The maximum Gasteiger partial charge on any atom is 0.261 e. The summed E-state index contributed by atoms with van der Waals surface area (Å²) in [5, 5.41) is 3.01. The Labute approximate surface area is 186 Å². The number of aryl methyl sites for hydroxylation is 1. The molecular weight excluding hydrogens is 404 g/mol. The average Bonchev–Trinajstić information content (AvgIpc) is 3.62. The fraction of sp³-hybridized carbons (Fsp3) is 0.231. The molecule has 1 aliphatic carbocycles. The van der Waals surface area contributed by atoms with Crippen molar-refractivity contribution in [2.45, 2.75) is 25.2 Å². The van der Waals surface area contributed by atoms with Crippen LogP contribution < -0.4 is 19.7 Å². The normalized spacial score (nSPS) is 15.7. The Balaban J connectivity index is 1.45. The van der Waals surface area contributed by atoms with E-state index in [9.17, 15) is 9.59 Å². The fourth-order valence-corrected chi connectivity index (χ4v) is 4.28. The predicted octanol–water partition coefficient (Wildman–Crippen LogP) is 5.06. The van der Waals surface area contributed by atoms with E-state index in [0.717, 1.165) is 24.0 Å². The highest BCUT2D eigenvalue weighted by atomic mass is 16.5. The molecule has 1 fully saturated rings. The minimum atomic E-state index is -0.607. The molecule has 1 N–H and O–H groups in total. The second kappa shape index (κ2) is 7.41. The summed E-state index contributed by atoms with van der Waals surface area (Å²) >= 11 is 0. The molecule has 0 aromatic heterocycles. The van der Waals surface area contributed by atoms with E-state index in [4.69, 9.17) is 9.47 Å². The van der Waals surface area contributed by atoms with Crippen LogP contribution in [0.4, 0.5) is 11.4 Å². The van der Waals surface area contributed by atoms with E-state index in [2.05, 4.69) is 5.32 Å². The number of fused-ring (bicyclic) bond motifs is 2. The number of hydrogen-bond acceptors (Lipinski definition) is 4. The monoisotopic (exact) mass is 428 g/mol. The van der Waals surface area contributed by atoms with Gasteiger partial charge < -0.3 is 19.7 Å². The van der Waals surface area contributed by atoms with E-state index in [1.165, 1.54) is 0 Å². The Morgan fingerprint density at radius 3 is 2.56 bits per heavy atom. The number of nitrogens with zero attached hydrogens (tertiary/aromatic N) is 1. The Morgan fingerprint density at radius 1 is 1.06 bits per heavy atom. The van der Waals surface area contributed by atoms with E-state index < -0.39 is 5.41 Å². The molecule has 32 heavy (non-hydrogen) atoms. The van der Waals surface area contributed by atoms with Gasteiger partial charge >= 0.3 is 0 Å². The minimum Gasteiger partial charge on any atom is -0.496 e. The van der Waals surface area contributed by atoms with Gasteiger partial charge in [-0.15, -0.1) is 0 Å². The summed E-state index contributed by atoms with van der Waals surface area (Å²) in [6, 6.07) is 18.5. The lowest BCUT2D eigenvalue weighted by molar-refractivity contribution is -0.118. The zero-order valence-electron chi connectivity index (χ0n) is 18.3. The van der Waals surface area contributed by atoms with Gasteiger partial charge in [-0.3, -0.25) is 9.59 Å². The second-order valence-electron chi connectivity index (χ2n) is 8.38. The molecule has 3 aromatic carbocycles. The topological polar surface area (TPSA) is 67.9 Å². The molecule has 1 aliphatic heterocycles. The molecule has 0 unspecified atom stereocenters. The fourth-order valence-electron chi connectivity index (χ4n) is 4.28. The summed E-state index contributed by atoms with van der Waals surface area (Å²) in [6.07, 6.45) is 1.51. The molecule has 1 heterocycles. The zero-order chi connectivity index (χ0) is 22.5. The van der Waals surface area contributed by atoms with Gasteiger partial charge in [-0.25, -0.2) is 0 Å². The molecule has 3 aromatic rings. The van der Waals surface area contributed by atoms with Crippen molar-refractivity contribution < 1.29 is 19.1 Å². The molecule has 1 saturated carbocycles. The lowest BCUT2D eigenvalue weighted by Gasteiger charge is -2.19. The van der Waals surface area contributed by atoms with E-state index in [1.807, 2.05) is 49.4 Å². The lowest BCUT2D eigenvalue weighted by Crippen LogP contribution is -2.29. The summed E-state index contributed by atoms with van der Waals surface area (Å²) in [5.74, 6) is 1.51. The molecule has 2 aliphatic rings. The summed E-state index contributed by atoms with van der Waals surface area (Å²) < 4.78 is 11.5. The SMILES string of the molecule is COc1ccccc1C1(C(=O)Nc2ccc3c(c2)C(=O)N(C)c2cc(C)ccc2O3)CC1. The summed E-state index contributed by atoms with van der Waals surface area (Å²) in [4.78, 5) is 28.0. The van der Waals surface area contributed by atoms with Gasteiger partial charge in [0.05, 0.1) is 23.8 Å². The molecule has 162 valence electrons. The number of para-hydroxylation sites is 1. The van der Waals surface area contributed by atoms with Gasteiger partial charge in [-0.1, -0.05) is 24.3 Å². The van der Waals surface area contributed by atoms with Crippen molar-refractivity contribution in [3.63, 3.8) is 0 Å². The van der Waals surface area contributed by atoms with Gasteiger partial charge in [-0.05, 0) is 61.7 Å². The van der Waals surface area contributed by atoms with Crippen LogP contribution >= 0.6 is 0 Å². The van der Waals surface area contributed by atoms with E-state index in [1.54, 1.807) is 37.3 Å². The second-order valence-corrected chi connectivity index (χ2v) is 8.38. The van der Waals surface area contributed by atoms with Crippen molar-refractivity contribution in [3.05, 3.63) is 77.4 Å². The van der Waals surface area contributed by atoms with Crippen LogP contribution in [0.5, 0.6) is 17.2 Å². The quantitative estimate of drug-likeness (QED) is 0.631. The van der Waals surface area contributed by atoms with Crippen LogP contribution in [-0.4, -0.2) is 26.0 Å². The van der Waals surface area contributed by atoms with E-state index in [0.29, 0.717) is 34.2 Å². The van der Waals surface area contributed by atoms with Crippen molar-refractivity contribution >= 4 is 23.2 Å². The van der Waals surface area contributed by atoms with Crippen LogP contribution in [0.15, 0.2) is 60.7 Å². The maximum atomic E-state index is 13.3. The first kappa shape index (κ1) is 20.1. The van der Waals surface area contributed by atoms with Crippen LogP contribution in [0.3, 0.4) is 0 Å².